The van der Waals surface area contributed by atoms with Gasteiger partial charge in [0.25, 0.3) is 5.56 Å². The first kappa shape index (κ1) is 15.7. The summed E-state index contributed by atoms with van der Waals surface area (Å²) in [5.74, 6) is 0.586. The standard InChI is InChI=1S/C18H29N3O/c1-18(2,3)16-9-10-17(22)21(19-16)13-14-11-20(12-14)15-7-5-4-6-8-15/h9-10,14-15H,4-8,11-13H2,1-3H3. The van der Waals surface area contributed by atoms with E-state index in [1.54, 1.807) is 10.7 Å². The predicted octanol–water partition coefficient (Wildman–Crippen LogP) is 2.81. The summed E-state index contributed by atoms with van der Waals surface area (Å²) in [6.45, 7) is 9.46. The third-order valence-corrected chi connectivity index (χ3v) is 5.14. The SMILES string of the molecule is CC(C)(C)c1ccc(=O)n(CC2CN(C3CCCCC3)C2)n1. The zero-order valence-electron chi connectivity index (χ0n) is 14.2. The minimum Gasteiger partial charge on any atom is -0.300 e. The van der Waals surface area contributed by atoms with Crippen LogP contribution < -0.4 is 5.56 Å². The lowest BCUT2D eigenvalue weighted by molar-refractivity contribution is 0.0249. The molecule has 122 valence electrons. The van der Waals surface area contributed by atoms with E-state index in [1.165, 1.54) is 32.1 Å². The maximum absolute atomic E-state index is 12.0. The Balaban J connectivity index is 1.59. The molecule has 4 nitrogen and oxygen atoms in total. The molecule has 1 aliphatic heterocycles. The van der Waals surface area contributed by atoms with Crippen LogP contribution in [0.1, 0.15) is 58.6 Å². The van der Waals surface area contributed by atoms with Crippen molar-refractivity contribution in [1.29, 1.82) is 0 Å². The summed E-state index contributed by atoms with van der Waals surface area (Å²) in [5, 5.41) is 4.59. The maximum atomic E-state index is 12.0. The number of likely N-dealkylation sites (tertiary alicyclic amines) is 1. The van der Waals surface area contributed by atoms with E-state index in [1.807, 2.05) is 6.07 Å². The van der Waals surface area contributed by atoms with Crippen LogP contribution in [0.25, 0.3) is 0 Å². The van der Waals surface area contributed by atoms with Crippen LogP contribution in [0.15, 0.2) is 16.9 Å². The molecule has 4 heteroatoms. The lowest BCUT2D eigenvalue weighted by Crippen LogP contribution is -2.54. The Bertz CT molecular complexity index is 560. The van der Waals surface area contributed by atoms with Crippen molar-refractivity contribution < 1.29 is 0 Å². The maximum Gasteiger partial charge on any atom is 0.266 e. The van der Waals surface area contributed by atoms with E-state index in [9.17, 15) is 4.79 Å². The number of rotatable bonds is 3. The first-order chi connectivity index (χ1) is 10.4. The minimum atomic E-state index is -0.0107. The van der Waals surface area contributed by atoms with Gasteiger partial charge in [0.2, 0.25) is 0 Å². The highest BCUT2D eigenvalue weighted by molar-refractivity contribution is 5.10. The van der Waals surface area contributed by atoms with Crippen LogP contribution in [0.3, 0.4) is 0 Å². The Labute approximate surface area is 133 Å². The van der Waals surface area contributed by atoms with Gasteiger partial charge in [0.15, 0.2) is 0 Å². The molecule has 0 bridgehead atoms. The van der Waals surface area contributed by atoms with Crippen molar-refractivity contribution in [2.45, 2.75) is 70.9 Å². The normalized spacial score (nSPS) is 21.8. The molecule has 22 heavy (non-hydrogen) atoms. The predicted molar refractivity (Wildman–Crippen MR) is 89.1 cm³/mol. The van der Waals surface area contributed by atoms with E-state index in [-0.39, 0.29) is 11.0 Å². The third kappa shape index (κ3) is 3.43. The van der Waals surface area contributed by atoms with Gasteiger partial charge in [0.05, 0.1) is 12.2 Å². The second-order valence-electron chi connectivity index (χ2n) is 8.10. The van der Waals surface area contributed by atoms with Crippen LogP contribution in [0, 0.1) is 5.92 Å². The van der Waals surface area contributed by atoms with Crippen molar-refractivity contribution in [3.05, 3.63) is 28.2 Å². The summed E-state index contributed by atoms with van der Waals surface area (Å²) >= 11 is 0. The fourth-order valence-electron chi connectivity index (χ4n) is 3.69. The molecule has 2 heterocycles. The Morgan fingerprint density at radius 1 is 1.14 bits per heavy atom. The van der Waals surface area contributed by atoms with Crippen molar-refractivity contribution in [2.24, 2.45) is 5.92 Å². The van der Waals surface area contributed by atoms with Gasteiger partial charge in [0.1, 0.15) is 0 Å². The average molecular weight is 303 g/mol. The zero-order valence-corrected chi connectivity index (χ0v) is 14.2. The lowest BCUT2D eigenvalue weighted by atomic mass is 9.89. The fraction of sp³-hybridized carbons (Fsp3) is 0.778. The summed E-state index contributed by atoms with van der Waals surface area (Å²) < 4.78 is 1.68. The minimum absolute atomic E-state index is 0.0107. The highest BCUT2D eigenvalue weighted by Crippen LogP contribution is 2.29. The number of aromatic nitrogens is 2. The zero-order chi connectivity index (χ0) is 15.7. The van der Waals surface area contributed by atoms with E-state index in [4.69, 9.17) is 0 Å². The molecule has 2 fully saturated rings. The molecule has 0 unspecified atom stereocenters. The molecule has 2 aliphatic rings. The number of nitrogens with zero attached hydrogens (tertiary/aromatic N) is 3. The van der Waals surface area contributed by atoms with Gasteiger partial charge in [-0.3, -0.25) is 9.69 Å². The molecule has 1 aromatic rings. The fourth-order valence-corrected chi connectivity index (χ4v) is 3.69. The molecule has 0 amide bonds. The van der Waals surface area contributed by atoms with Crippen molar-refractivity contribution in [1.82, 2.24) is 14.7 Å². The quantitative estimate of drug-likeness (QED) is 0.862. The van der Waals surface area contributed by atoms with E-state index in [0.29, 0.717) is 5.92 Å². The van der Waals surface area contributed by atoms with Crippen molar-refractivity contribution in [2.75, 3.05) is 13.1 Å². The Kier molecular flexibility index (Phi) is 4.40. The van der Waals surface area contributed by atoms with Gasteiger partial charge in [-0.2, -0.15) is 5.10 Å². The van der Waals surface area contributed by atoms with Crippen LogP contribution in [0.4, 0.5) is 0 Å². The van der Waals surface area contributed by atoms with E-state index in [2.05, 4.69) is 30.8 Å². The highest BCUT2D eigenvalue weighted by atomic mass is 16.1. The first-order valence-electron chi connectivity index (χ1n) is 8.76. The van der Waals surface area contributed by atoms with Gasteiger partial charge in [-0.25, -0.2) is 4.68 Å². The molecular formula is C18H29N3O. The topological polar surface area (TPSA) is 38.1 Å². The van der Waals surface area contributed by atoms with Crippen molar-refractivity contribution in [3.8, 4) is 0 Å². The van der Waals surface area contributed by atoms with E-state index in [0.717, 1.165) is 31.4 Å². The second kappa shape index (κ2) is 6.15. The summed E-state index contributed by atoms with van der Waals surface area (Å²) in [6, 6.07) is 4.34. The second-order valence-corrected chi connectivity index (χ2v) is 8.10. The van der Waals surface area contributed by atoms with E-state index < -0.39 is 0 Å². The molecule has 0 spiro atoms. The number of hydrogen-bond acceptors (Lipinski definition) is 3. The lowest BCUT2D eigenvalue weighted by Gasteiger charge is -2.45. The summed E-state index contributed by atoms with van der Waals surface area (Å²) in [4.78, 5) is 14.7. The molecule has 1 saturated carbocycles. The molecule has 0 radical (unpaired) electrons. The van der Waals surface area contributed by atoms with Crippen LogP contribution in [0.2, 0.25) is 0 Å². The largest absolute Gasteiger partial charge is 0.300 e. The van der Waals surface area contributed by atoms with Gasteiger partial charge in [-0.15, -0.1) is 0 Å². The van der Waals surface area contributed by atoms with Gasteiger partial charge >= 0.3 is 0 Å². The van der Waals surface area contributed by atoms with Crippen molar-refractivity contribution in [3.63, 3.8) is 0 Å². The molecule has 1 saturated heterocycles. The molecular weight excluding hydrogens is 274 g/mol. The summed E-state index contributed by atoms with van der Waals surface area (Å²) in [5.41, 5.74) is 1.02. The molecule has 0 N–H and O–H groups in total. The van der Waals surface area contributed by atoms with Crippen LogP contribution in [0.5, 0.6) is 0 Å². The molecule has 0 atom stereocenters. The third-order valence-electron chi connectivity index (χ3n) is 5.14. The molecule has 1 aliphatic carbocycles. The smallest absolute Gasteiger partial charge is 0.266 e. The van der Waals surface area contributed by atoms with Gasteiger partial charge in [-0.05, 0) is 18.9 Å². The van der Waals surface area contributed by atoms with Crippen LogP contribution >= 0.6 is 0 Å². The summed E-state index contributed by atoms with van der Waals surface area (Å²) in [7, 11) is 0. The van der Waals surface area contributed by atoms with Gasteiger partial charge in [-0.1, -0.05) is 40.0 Å². The van der Waals surface area contributed by atoms with Gasteiger partial charge < -0.3 is 0 Å². The Hall–Kier alpha value is -1.16. The highest BCUT2D eigenvalue weighted by Gasteiger charge is 2.33. The summed E-state index contributed by atoms with van der Waals surface area (Å²) in [6.07, 6.45) is 6.92. The molecule has 1 aromatic heterocycles. The van der Waals surface area contributed by atoms with Crippen molar-refractivity contribution >= 4 is 0 Å². The van der Waals surface area contributed by atoms with Crippen LogP contribution in [-0.4, -0.2) is 33.8 Å². The first-order valence-corrected chi connectivity index (χ1v) is 8.76. The Morgan fingerprint density at radius 3 is 2.45 bits per heavy atom. The van der Waals surface area contributed by atoms with Gasteiger partial charge in [0, 0.05) is 36.5 Å². The molecule has 0 aromatic carbocycles. The number of hydrogen-bond donors (Lipinski definition) is 0. The van der Waals surface area contributed by atoms with Crippen LogP contribution in [-0.2, 0) is 12.0 Å². The van der Waals surface area contributed by atoms with E-state index >= 15 is 0 Å². The molecule has 3 rings (SSSR count). The monoisotopic (exact) mass is 303 g/mol. The average Bonchev–Trinajstić information content (AvgIpc) is 2.43. The Morgan fingerprint density at radius 2 is 1.82 bits per heavy atom.